The zero-order chi connectivity index (χ0) is 18.3. The maximum absolute atomic E-state index is 12.7. The standard InChI is InChI=1S/C18H18ClN5OS/c1-11-12(19)6-5-7-13(11)24-10-20-15-14(17(24)26)16(25)22-18(21-15)23-8-3-2-4-9-23/h5-7,10H,2-4,8-9H2,1H3,(H,21,22,25). The fourth-order valence-electron chi connectivity index (χ4n) is 3.31. The molecule has 1 aliphatic rings. The third kappa shape index (κ3) is 2.91. The first-order valence-corrected chi connectivity index (χ1v) is 9.37. The number of H-pyrrole nitrogens is 1. The van der Waals surface area contributed by atoms with Crippen LogP contribution in [0.4, 0.5) is 5.95 Å². The highest BCUT2D eigenvalue weighted by molar-refractivity contribution is 7.71. The van der Waals surface area contributed by atoms with E-state index in [2.05, 4.69) is 19.9 Å². The summed E-state index contributed by atoms with van der Waals surface area (Å²) in [7, 11) is 0. The van der Waals surface area contributed by atoms with Crippen LogP contribution in [0, 0.1) is 11.6 Å². The highest BCUT2D eigenvalue weighted by Gasteiger charge is 2.17. The summed E-state index contributed by atoms with van der Waals surface area (Å²) in [5.74, 6) is 0.570. The largest absolute Gasteiger partial charge is 0.342 e. The first-order valence-electron chi connectivity index (χ1n) is 8.58. The second kappa shape index (κ2) is 6.81. The number of hydrogen-bond acceptors (Lipinski definition) is 5. The van der Waals surface area contributed by atoms with Gasteiger partial charge in [-0.2, -0.15) is 4.98 Å². The van der Waals surface area contributed by atoms with Crippen LogP contribution in [-0.2, 0) is 0 Å². The van der Waals surface area contributed by atoms with Crippen LogP contribution in [0.1, 0.15) is 24.8 Å². The number of fused-ring (bicyclic) bond motifs is 1. The van der Waals surface area contributed by atoms with Crippen molar-refractivity contribution in [1.29, 1.82) is 0 Å². The van der Waals surface area contributed by atoms with Crippen LogP contribution in [0.15, 0.2) is 29.3 Å². The Hall–Kier alpha value is -2.25. The maximum atomic E-state index is 12.7. The van der Waals surface area contributed by atoms with Crippen LogP contribution in [0.3, 0.4) is 0 Å². The molecule has 1 N–H and O–H groups in total. The SMILES string of the molecule is Cc1c(Cl)cccc1-n1cnc2nc(N3CCCCC3)[nH]c(=O)c2c1=S. The Labute approximate surface area is 160 Å². The fraction of sp³-hybridized carbons (Fsp3) is 0.333. The van der Waals surface area contributed by atoms with E-state index in [1.807, 2.05) is 25.1 Å². The van der Waals surface area contributed by atoms with Gasteiger partial charge in [-0.15, -0.1) is 0 Å². The molecule has 0 amide bonds. The number of piperidine rings is 1. The average molecular weight is 388 g/mol. The van der Waals surface area contributed by atoms with Crippen LogP contribution in [0.25, 0.3) is 16.7 Å². The predicted octanol–water partition coefficient (Wildman–Crippen LogP) is 3.79. The molecule has 1 saturated heterocycles. The molecule has 1 aliphatic heterocycles. The van der Waals surface area contributed by atoms with Crippen molar-refractivity contribution in [2.24, 2.45) is 0 Å². The highest BCUT2D eigenvalue weighted by atomic mass is 35.5. The minimum absolute atomic E-state index is 0.262. The van der Waals surface area contributed by atoms with Crippen LogP contribution in [0.5, 0.6) is 0 Å². The first kappa shape index (κ1) is 17.2. The Morgan fingerprint density at radius 1 is 1.23 bits per heavy atom. The molecule has 3 heterocycles. The third-order valence-corrected chi connectivity index (χ3v) is 5.58. The van der Waals surface area contributed by atoms with Crippen molar-refractivity contribution < 1.29 is 0 Å². The molecule has 0 atom stereocenters. The number of nitrogens with one attached hydrogen (secondary N) is 1. The molecule has 2 aromatic heterocycles. The summed E-state index contributed by atoms with van der Waals surface area (Å²) >= 11 is 11.8. The molecule has 6 nitrogen and oxygen atoms in total. The van der Waals surface area contributed by atoms with Crippen molar-refractivity contribution in [3.8, 4) is 5.69 Å². The van der Waals surface area contributed by atoms with E-state index in [4.69, 9.17) is 23.8 Å². The molecular weight excluding hydrogens is 370 g/mol. The minimum Gasteiger partial charge on any atom is -0.342 e. The van der Waals surface area contributed by atoms with Gasteiger partial charge in [0.2, 0.25) is 5.95 Å². The minimum atomic E-state index is -0.262. The summed E-state index contributed by atoms with van der Waals surface area (Å²) in [6.45, 7) is 3.69. The van der Waals surface area contributed by atoms with Gasteiger partial charge in [0.1, 0.15) is 16.4 Å². The molecule has 134 valence electrons. The molecule has 0 bridgehead atoms. The van der Waals surface area contributed by atoms with Crippen LogP contribution in [-0.4, -0.2) is 32.6 Å². The van der Waals surface area contributed by atoms with Gasteiger partial charge >= 0.3 is 0 Å². The van der Waals surface area contributed by atoms with Crippen molar-refractivity contribution >= 4 is 40.8 Å². The van der Waals surface area contributed by atoms with Gasteiger partial charge < -0.3 is 4.90 Å². The Balaban J connectivity index is 1.88. The number of rotatable bonds is 2. The molecule has 0 unspecified atom stereocenters. The van der Waals surface area contributed by atoms with E-state index >= 15 is 0 Å². The van der Waals surface area contributed by atoms with Gasteiger partial charge in [-0.1, -0.05) is 29.9 Å². The number of nitrogens with zero attached hydrogens (tertiary/aromatic N) is 4. The van der Waals surface area contributed by atoms with Gasteiger partial charge in [-0.25, -0.2) is 4.98 Å². The van der Waals surface area contributed by atoms with Crippen LogP contribution in [0.2, 0.25) is 5.02 Å². The summed E-state index contributed by atoms with van der Waals surface area (Å²) in [6, 6.07) is 5.56. The molecule has 0 radical (unpaired) electrons. The Morgan fingerprint density at radius 3 is 2.77 bits per heavy atom. The van der Waals surface area contributed by atoms with Gasteiger partial charge in [0, 0.05) is 18.1 Å². The molecule has 3 aromatic rings. The quantitative estimate of drug-likeness (QED) is 0.677. The second-order valence-corrected chi connectivity index (χ2v) is 7.23. The molecule has 4 rings (SSSR count). The number of aromatic nitrogens is 4. The molecule has 0 spiro atoms. The smallest absolute Gasteiger partial charge is 0.264 e. The lowest BCUT2D eigenvalue weighted by atomic mass is 10.1. The fourth-order valence-corrected chi connectivity index (χ4v) is 3.80. The van der Waals surface area contributed by atoms with Crippen molar-refractivity contribution in [2.45, 2.75) is 26.2 Å². The summed E-state index contributed by atoms with van der Waals surface area (Å²) in [4.78, 5) is 26.7. The van der Waals surface area contributed by atoms with E-state index in [9.17, 15) is 4.79 Å². The lowest BCUT2D eigenvalue weighted by Gasteiger charge is -2.26. The van der Waals surface area contributed by atoms with Gasteiger partial charge in [0.15, 0.2) is 5.65 Å². The van der Waals surface area contributed by atoms with Gasteiger partial charge in [0.25, 0.3) is 5.56 Å². The maximum Gasteiger partial charge on any atom is 0.264 e. The third-order valence-electron chi connectivity index (χ3n) is 4.77. The van der Waals surface area contributed by atoms with Crippen LogP contribution < -0.4 is 10.5 Å². The monoisotopic (exact) mass is 387 g/mol. The summed E-state index contributed by atoms with van der Waals surface area (Å²) < 4.78 is 2.08. The molecule has 0 aliphatic carbocycles. The van der Waals surface area contributed by atoms with Crippen molar-refractivity contribution in [2.75, 3.05) is 18.0 Å². The normalized spacial score (nSPS) is 14.8. The molecule has 8 heteroatoms. The van der Waals surface area contributed by atoms with Crippen molar-refractivity contribution in [1.82, 2.24) is 19.5 Å². The van der Waals surface area contributed by atoms with E-state index in [1.54, 1.807) is 10.9 Å². The summed E-state index contributed by atoms with van der Waals surface area (Å²) in [6.07, 6.45) is 5.02. The van der Waals surface area contributed by atoms with E-state index in [0.717, 1.165) is 37.2 Å². The number of halogens is 1. The van der Waals surface area contributed by atoms with Crippen molar-refractivity contribution in [3.05, 3.63) is 50.1 Å². The van der Waals surface area contributed by atoms with Gasteiger partial charge in [-0.3, -0.25) is 14.3 Å². The number of anilines is 1. The lowest BCUT2D eigenvalue weighted by Crippen LogP contribution is -2.32. The zero-order valence-electron chi connectivity index (χ0n) is 14.3. The Bertz CT molecular complexity index is 1100. The molecule has 26 heavy (non-hydrogen) atoms. The van der Waals surface area contributed by atoms with Gasteiger partial charge in [0.05, 0.1) is 5.69 Å². The van der Waals surface area contributed by atoms with Gasteiger partial charge in [-0.05, 0) is 43.9 Å². The zero-order valence-corrected chi connectivity index (χ0v) is 15.9. The van der Waals surface area contributed by atoms with E-state index in [1.165, 1.54) is 6.42 Å². The summed E-state index contributed by atoms with van der Waals surface area (Å²) in [5.41, 5.74) is 1.79. The Morgan fingerprint density at radius 2 is 2.00 bits per heavy atom. The molecule has 0 saturated carbocycles. The number of benzene rings is 1. The van der Waals surface area contributed by atoms with Crippen LogP contribution >= 0.6 is 23.8 Å². The van der Waals surface area contributed by atoms with E-state index < -0.39 is 0 Å². The topological polar surface area (TPSA) is 66.8 Å². The van der Waals surface area contributed by atoms with Crippen molar-refractivity contribution in [3.63, 3.8) is 0 Å². The van der Waals surface area contributed by atoms with E-state index in [0.29, 0.717) is 26.6 Å². The first-order chi connectivity index (χ1) is 12.6. The van der Waals surface area contributed by atoms with E-state index in [-0.39, 0.29) is 5.56 Å². The number of hydrogen-bond donors (Lipinski definition) is 1. The molecule has 1 fully saturated rings. The predicted molar refractivity (Wildman–Crippen MR) is 106 cm³/mol. The average Bonchev–Trinajstić information content (AvgIpc) is 2.65. The molecule has 1 aromatic carbocycles. The summed E-state index contributed by atoms with van der Waals surface area (Å²) in [5, 5.41) is 0.958. The highest BCUT2D eigenvalue weighted by Crippen LogP contribution is 2.23. The lowest BCUT2D eigenvalue weighted by molar-refractivity contribution is 0.568. The molecular formula is C18H18ClN5OS. The Kier molecular flexibility index (Phi) is 4.50. The number of aromatic amines is 1. The second-order valence-electron chi connectivity index (χ2n) is 6.44.